The Bertz CT molecular complexity index is 750. The molecule has 0 saturated carbocycles. The number of aryl methyl sites for hydroxylation is 1. The van der Waals surface area contributed by atoms with Crippen LogP contribution in [0, 0.1) is 6.92 Å². The van der Waals surface area contributed by atoms with Crippen molar-refractivity contribution < 1.29 is 19.0 Å². The van der Waals surface area contributed by atoms with Gasteiger partial charge in [-0.15, -0.1) is 0 Å². The number of methoxy groups -OCH3 is 3. The predicted octanol–water partition coefficient (Wildman–Crippen LogP) is 3.18. The van der Waals surface area contributed by atoms with Crippen molar-refractivity contribution in [2.24, 2.45) is 5.10 Å². The highest BCUT2D eigenvalue weighted by atomic mass is 16.5. The fourth-order valence-electron chi connectivity index (χ4n) is 2.20. The average molecular weight is 343 g/mol. The van der Waals surface area contributed by atoms with E-state index in [0.29, 0.717) is 22.8 Å². The molecule has 25 heavy (non-hydrogen) atoms. The zero-order valence-corrected chi connectivity index (χ0v) is 14.6. The standard InChI is InChI=1S/C18H21N3O4/c1-12-7-5-6-8-14(12)20-18(22)21-19-11-13-9-15(23-2)17(25-4)16(10-13)24-3/h5-11H,1-4H3,(H2,20,21,22). The van der Waals surface area contributed by atoms with Crippen LogP contribution in [0.3, 0.4) is 0 Å². The molecular formula is C18H21N3O4. The number of carbonyl (C=O) groups is 1. The molecule has 2 rings (SSSR count). The fraction of sp³-hybridized carbons (Fsp3) is 0.222. The molecule has 7 heteroatoms. The Morgan fingerprint density at radius 3 is 2.24 bits per heavy atom. The average Bonchev–Trinajstić information content (AvgIpc) is 2.62. The smallest absolute Gasteiger partial charge is 0.339 e. The predicted molar refractivity (Wildman–Crippen MR) is 97.0 cm³/mol. The second-order valence-electron chi connectivity index (χ2n) is 5.10. The zero-order valence-electron chi connectivity index (χ0n) is 14.6. The molecule has 0 radical (unpaired) electrons. The first-order valence-electron chi connectivity index (χ1n) is 7.54. The third-order valence-corrected chi connectivity index (χ3v) is 3.46. The van der Waals surface area contributed by atoms with E-state index < -0.39 is 6.03 Å². The Morgan fingerprint density at radius 2 is 1.68 bits per heavy atom. The van der Waals surface area contributed by atoms with E-state index in [1.807, 2.05) is 31.2 Å². The number of carbonyl (C=O) groups excluding carboxylic acids is 1. The molecule has 0 fully saturated rings. The largest absolute Gasteiger partial charge is 0.493 e. The van der Waals surface area contributed by atoms with E-state index >= 15 is 0 Å². The molecule has 2 aromatic rings. The molecule has 7 nitrogen and oxygen atoms in total. The first-order valence-corrected chi connectivity index (χ1v) is 7.54. The van der Waals surface area contributed by atoms with Crippen LogP contribution in [0.5, 0.6) is 17.2 Å². The number of rotatable bonds is 6. The van der Waals surface area contributed by atoms with Crippen molar-refractivity contribution in [1.29, 1.82) is 0 Å². The molecule has 2 N–H and O–H groups in total. The van der Waals surface area contributed by atoms with Crippen molar-refractivity contribution in [3.63, 3.8) is 0 Å². The number of anilines is 1. The minimum atomic E-state index is -0.432. The number of nitrogens with one attached hydrogen (secondary N) is 2. The van der Waals surface area contributed by atoms with E-state index in [1.165, 1.54) is 27.5 Å². The zero-order chi connectivity index (χ0) is 18.2. The lowest BCUT2D eigenvalue weighted by Gasteiger charge is -2.12. The number of amides is 2. The van der Waals surface area contributed by atoms with Crippen LogP contribution >= 0.6 is 0 Å². The van der Waals surface area contributed by atoms with Crippen molar-refractivity contribution in [2.45, 2.75) is 6.92 Å². The molecule has 132 valence electrons. The summed E-state index contributed by atoms with van der Waals surface area (Å²) in [7, 11) is 4.60. The van der Waals surface area contributed by atoms with Gasteiger partial charge in [0.25, 0.3) is 0 Å². The first kappa shape index (κ1) is 18.1. The van der Waals surface area contributed by atoms with Gasteiger partial charge in [-0.2, -0.15) is 5.10 Å². The molecule has 0 unspecified atom stereocenters. The third kappa shape index (κ3) is 4.63. The van der Waals surface area contributed by atoms with Crippen molar-refractivity contribution >= 4 is 17.9 Å². The number of hydrogen-bond acceptors (Lipinski definition) is 5. The molecule has 0 bridgehead atoms. The first-order chi connectivity index (χ1) is 12.1. The summed E-state index contributed by atoms with van der Waals surface area (Å²) >= 11 is 0. The van der Waals surface area contributed by atoms with Crippen LogP contribution in [0.2, 0.25) is 0 Å². The summed E-state index contributed by atoms with van der Waals surface area (Å²) in [6.45, 7) is 1.91. The van der Waals surface area contributed by atoms with E-state index in [9.17, 15) is 4.79 Å². The molecule has 0 saturated heterocycles. The molecule has 0 spiro atoms. The Labute approximate surface area is 146 Å². The molecule has 0 aliphatic rings. The maximum absolute atomic E-state index is 11.9. The van der Waals surface area contributed by atoms with Gasteiger partial charge >= 0.3 is 6.03 Å². The van der Waals surface area contributed by atoms with Gasteiger partial charge in [-0.05, 0) is 30.7 Å². The Hall–Kier alpha value is -3.22. The molecule has 2 aromatic carbocycles. The number of hydrazone groups is 1. The number of hydrogen-bond donors (Lipinski definition) is 2. The van der Waals surface area contributed by atoms with Crippen LogP contribution in [0.15, 0.2) is 41.5 Å². The van der Waals surface area contributed by atoms with Gasteiger partial charge in [0, 0.05) is 11.3 Å². The second kappa shape index (κ2) is 8.58. The van der Waals surface area contributed by atoms with E-state index in [2.05, 4.69) is 15.8 Å². The highest BCUT2D eigenvalue weighted by Crippen LogP contribution is 2.37. The van der Waals surface area contributed by atoms with Gasteiger partial charge in [-0.25, -0.2) is 10.2 Å². The lowest BCUT2D eigenvalue weighted by Crippen LogP contribution is -2.24. The van der Waals surface area contributed by atoms with E-state index in [-0.39, 0.29) is 0 Å². The number of benzene rings is 2. The lowest BCUT2D eigenvalue weighted by atomic mass is 10.2. The molecule has 2 amide bonds. The Morgan fingerprint density at radius 1 is 1.04 bits per heavy atom. The van der Waals surface area contributed by atoms with Crippen LogP contribution in [0.1, 0.15) is 11.1 Å². The van der Waals surface area contributed by atoms with Gasteiger partial charge in [-0.1, -0.05) is 18.2 Å². The van der Waals surface area contributed by atoms with Crippen LogP contribution in [0.4, 0.5) is 10.5 Å². The second-order valence-corrected chi connectivity index (χ2v) is 5.10. The molecule has 0 heterocycles. The summed E-state index contributed by atoms with van der Waals surface area (Å²) < 4.78 is 15.8. The maximum atomic E-state index is 11.9. The molecular weight excluding hydrogens is 322 g/mol. The Kier molecular flexibility index (Phi) is 6.22. The number of para-hydroxylation sites is 1. The topological polar surface area (TPSA) is 81.2 Å². The van der Waals surface area contributed by atoms with Crippen LogP contribution < -0.4 is 25.0 Å². The van der Waals surface area contributed by atoms with E-state index in [0.717, 1.165) is 11.3 Å². The van der Waals surface area contributed by atoms with Crippen molar-refractivity contribution in [2.75, 3.05) is 26.6 Å². The van der Waals surface area contributed by atoms with Crippen LogP contribution in [0.25, 0.3) is 0 Å². The Balaban J connectivity index is 2.06. The molecule has 0 aliphatic heterocycles. The summed E-state index contributed by atoms with van der Waals surface area (Å²) in [6.07, 6.45) is 1.49. The molecule has 0 atom stereocenters. The summed E-state index contributed by atoms with van der Waals surface area (Å²) in [5, 5.41) is 6.66. The normalized spacial score (nSPS) is 10.4. The SMILES string of the molecule is COc1cc(C=NNC(=O)Nc2ccccc2C)cc(OC)c1OC. The quantitative estimate of drug-likeness (QED) is 0.623. The van der Waals surface area contributed by atoms with Crippen molar-refractivity contribution in [3.8, 4) is 17.2 Å². The minimum absolute atomic E-state index is 0.432. The number of ether oxygens (including phenoxy) is 3. The third-order valence-electron chi connectivity index (χ3n) is 3.46. The lowest BCUT2D eigenvalue weighted by molar-refractivity contribution is 0.252. The summed E-state index contributed by atoms with van der Waals surface area (Å²) in [5.74, 6) is 1.51. The van der Waals surface area contributed by atoms with Gasteiger partial charge < -0.3 is 19.5 Å². The van der Waals surface area contributed by atoms with Gasteiger partial charge in [0.2, 0.25) is 5.75 Å². The highest BCUT2D eigenvalue weighted by molar-refractivity contribution is 5.91. The number of nitrogens with zero attached hydrogens (tertiary/aromatic N) is 1. The molecule has 0 aliphatic carbocycles. The minimum Gasteiger partial charge on any atom is -0.493 e. The molecule has 0 aromatic heterocycles. The van der Waals surface area contributed by atoms with Gasteiger partial charge in [-0.3, -0.25) is 0 Å². The van der Waals surface area contributed by atoms with Gasteiger partial charge in [0.15, 0.2) is 11.5 Å². The summed E-state index contributed by atoms with van der Waals surface area (Å²) in [5.41, 5.74) is 4.79. The van der Waals surface area contributed by atoms with Crippen molar-refractivity contribution in [1.82, 2.24) is 5.43 Å². The summed E-state index contributed by atoms with van der Waals surface area (Å²) in [4.78, 5) is 11.9. The van der Waals surface area contributed by atoms with Crippen LogP contribution in [-0.4, -0.2) is 33.6 Å². The summed E-state index contributed by atoms with van der Waals surface area (Å²) in [6, 6.07) is 10.5. The highest BCUT2D eigenvalue weighted by Gasteiger charge is 2.12. The van der Waals surface area contributed by atoms with Crippen LogP contribution in [-0.2, 0) is 0 Å². The van der Waals surface area contributed by atoms with Gasteiger partial charge in [0.1, 0.15) is 0 Å². The monoisotopic (exact) mass is 343 g/mol. The number of urea groups is 1. The van der Waals surface area contributed by atoms with Gasteiger partial charge in [0.05, 0.1) is 27.5 Å². The van der Waals surface area contributed by atoms with Crippen molar-refractivity contribution in [3.05, 3.63) is 47.5 Å². The van der Waals surface area contributed by atoms with E-state index in [1.54, 1.807) is 12.1 Å². The fourth-order valence-corrected chi connectivity index (χ4v) is 2.20. The van der Waals surface area contributed by atoms with E-state index in [4.69, 9.17) is 14.2 Å². The maximum Gasteiger partial charge on any atom is 0.339 e.